The number of rotatable bonds is 6. The minimum Gasteiger partial charge on any atom is -0.476 e. The molecule has 2 aromatic rings. The average Bonchev–Trinajstić information content (AvgIpc) is 2.90. The molecular formula is C12H15N5O3. The fourth-order valence-electron chi connectivity index (χ4n) is 1.71. The van der Waals surface area contributed by atoms with Crippen LogP contribution >= 0.6 is 0 Å². The Morgan fingerprint density at radius 2 is 2.25 bits per heavy atom. The maximum absolute atomic E-state index is 11.9. The van der Waals surface area contributed by atoms with Gasteiger partial charge in [-0.05, 0) is 6.92 Å². The van der Waals surface area contributed by atoms with E-state index >= 15 is 0 Å². The molecule has 0 saturated heterocycles. The van der Waals surface area contributed by atoms with Crippen molar-refractivity contribution in [3.05, 3.63) is 41.0 Å². The Labute approximate surface area is 114 Å². The van der Waals surface area contributed by atoms with Gasteiger partial charge in [-0.3, -0.25) is 4.79 Å². The predicted octanol–water partition coefficient (Wildman–Crippen LogP) is 0.270. The molecule has 8 nitrogen and oxygen atoms in total. The van der Waals surface area contributed by atoms with E-state index in [1.54, 1.807) is 21.5 Å². The highest BCUT2D eigenvalue weighted by Gasteiger charge is 2.06. The summed E-state index contributed by atoms with van der Waals surface area (Å²) in [6.07, 6.45) is 6.07. The molecule has 0 fully saturated rings. The van der Waals surface area contributed by atoms with Crippen molar-refractivity contribution >= 4 is 11.8 Å². The van der Waals surface area contributed by atoms with E-state index in [0.29, 0.717) is 19.6 Å². The van der Waals surface area contributed by atoms with Crippen LogP contribution in [0.25, 0.3) is 0 Å². The number of aromatic carboxylic acids is 1. The lowest BCUT2D eigenvalue weighted by molar-refractivity contribution is 0.0691. The van der Waals surface area contributed by atoms with Crippen LogP contribution in [0.4, 0.5) is 5.82 Å². The summed E-state index contributed by atoms with van der Waals surface area (Å²) >= 11 is 0. The quantitative estimate of drug-likeness (QED) is 0.785. The Morgan fingerprint density at radius 1 is 1.45 bits per heavy atom. The van der Waals surface area contributed by atoms with Crippen LogP contribution in [-0.4, -0.2) is 36.7 Å². The molecule has 0 bridgehead atoms. The maximum Gasteiger partial charge on any atom is 0.356 e. The first-order chi connectivity index (χ1) is 9.61. The molecule has 0 spiro atoms. The highest BCUT2D eigenvalue weighted by Crippen LogP contribution is 1.97. The van der Waals surface area contributed by atoms with Gasteiger partial charge in [0.05, 0.1) is 6.33 Å². The summed E-state index contributed by atoms with van der Waals surface area (Å²) in [7, 11) is 0. The van der Waals surface area contributed by atoms with Crippen LogP contribution in [0.1, 0.15) is 17.4 Å². The fraction of sp³-hybridized carbons (Fsp3) is 0.333. The third kappa shape index (κ3) is 3.02. The molecule has 106 valence electrons. The van der Waals surface area contributed by atoms with Crippen LogP contribution in [0.2, 0.25) is 0 Å². The van der Waals surface area contributed by atoms with Crippen molar-refractivity contribution in [1.82, 2.24) is 19.1 Å². The third-order valence-electron chi connectivity index (χ3n) is 2.77. The number of hydrogen-bond donors (Lipinski definition) is 2. The lowest BCUT2D eigenvalue weighted by atomic mass is 10.5. The summed E-state index contributed by atoms with van der Waals surface area (Å²) in [6, 6.07) is 0. The van der Waals surface area contributed by atoms with Gasteiger partial charge in [-0.25, -0.2) is 14.8 Å². The number of nitrogens with one attached hydrogen (secondary N) is 1. The molecule has 0 unspecified atom stereocenters. The van der Waals surface area contributed by atoms with Crippen molar-refractivity contribution in [3.63, 3.8) is 0 Å². The topological polar surface area (TPSA) is 102 Å². The van der Waals surface area contributed by atoms with Crippen molar-refractivity contribution < 1.29 is 9.90 Å². The molecule has 0 saturated carbocycles. The molecule has 2 aromatic heterocycles. The first-order valence-corrected chi connectivity index (χ1v) is 6.16. The minimum atomic E-state index is -1.06. The van der Waals surface area contributed by atoms with Crippen LogP contribution in [0.3, 0.4) is 0 Å². The Kier molecular flexibility index (Phi) is 4.14. The molecule has 0 aliphatic carbocycles. The second-order valence-electron chi connectivity index (χ2n) is 4.10. The number of carbonyl (C=O) groups is 1. The van der Waals surface area contributed by atoms with Crippen molar-refractivity contribution in [2.45, 2.75) is 20.0 Å². The van der Waals surface area contributed by atoms with Gasteiger partial charge in [-0.15, -0.1) is 0 Å². The lowest BCUT2D eigenvalue weighted by Gasteiger charge is -2.07. The molecule has 0 aromatic carbocycles. The largest absolute Gasteiger partial charge is 0.476 e. The Hall–Kier alpha value is -2.64. The van der Waals surface area contributed by atoms with Gasteiger partial charge in [-0.2, -0.15) is 0 Å². The number of hydrogen-bond acceptors (Lipinski definition) is 5. The summed E-state index contributed by atoms with van der Waals surface area (Å²) in [4.78, 5) is 30.3. The van der Waals surface area contributed by atoms with E-state index in [1.165, 1.54) is 12.5 Å². The van der Waals surface area contributed by atoms with Crippen LogP contribution in [0.15, 0.2) is 29.7 Å². The van der Waals surface area contributed by atoms with Crippen molar-refractivity contribution in [2.75, 3.05) is 11.9 Å². The smallest absolute Gasteiger partial charge is 0.356 e. The summed E-state index contributed by atoms with van der Waals surface area (Å²) in [5.74, 6) is -0.778. The van der Waals surface area contributed by atoms with Crippen LogP contribution in [0.5, 0.6) is 0 Å². The van der Waals surface area contributed by atoms with Gasteiger partial charge in [0.25, 0.3) is 5.56 Å². The summed E-state index contributed by atoms with van der Waals surface area (Å²) < 4.78 is 3.19. The number of imidazole rings is 1. The molecule has 0 atom stereocenters. The highest BCUT2D eigenvalue weighted by atomic mass is 16.4. The van der Waals surface area contributed by atoms with E-state index < -0.39 is 5.97 Å². The maximum atomic E-state index is 11.9. The zero-order valence-corrected chi connectivity index (χ0v) is 11.0. The lowest BCUT2D eigenvalue weighted by Crippen LogP contribution is -2.25. The summed E-state index contributed by atoms with van der Waals surface area (Å²) in [5.41, 5.74) is -0.178. The number of aromatic nitrogens is 4. The Morgan fingerprint density at radius 3 is 2.90 bits per heavy atom. The molecule has 0 aliphatic rings. The zero-order chi connectivity index (χ0) is 14.5. The third-order valence-corrected chi connectivity index (χ3v) is 2.77. The zero-order valence-electron chi connectivity index (χ0n) is 11.0. The second kappa shape index (κ2) is 6.00. The van der Waals surface area contributed by atoms with E-state index in [1.807, 2.05) is 6.92 Å². The van der Waals surface area contributed by atoms with Gasteiger partial charge in [0.15, 0.2) is 11.5 Å². The second-order valence-corrected chi connectivity index (χ2v) is 4.10. The number of carboxylic acid groups (broad SMARTS) is 1. The van der Waals surface area contributed by atoms with E-state index in [9.17, 15) is 9.59 Å². The monoisotopic (exact) mass is 277 g/mol. The van der Waals surface area contributed by atoms with Crippen LogP contribution in [0, 0.1) is 0 Å². The molecule has 0 radical (unpaired) electrons. The van der Waals surface area contributed by atoms with Gasteiger partial charge in [0.2, 0.25) is 0 Å². The normalized spacial score (nSPS) is 10.4. The molecule has 2 rings (SSSR count). The van der Waals surface area contributed by atoms with E-state index in [2.05, 4.69) is 15.3 Å². The molecule has 0 amide bonds. The average molecular weight is 277 g/mol. The number of anilines is 1. The molecular weight excluding hydrogens is 262 g/mol. The Balaban J connectivity index is 1.96. The van der Waals surface area contributed by atoms with E-state index in [-0.39, 0.29) is 17.1 Å². The number of aryl methyl sites for hydroxylation is 1. The van der Waals surface area contributed by atoms with Crippen LogP contribution in [-0.2, 0) is 13.1 Å². The van der Waals surface area contributed by atoms with Gasteiger partial charge in [0, 0.05) is 38.2 Å². The van der Waals surface area contributed by atoms with Crippen molar-refractivity contribution in [3.8, 4) is 0 Å². The number of nitrogens with zero attached hydrogens (tertiary/aromatic N) is 4. The SMILES string of the molecule is CCn1ccnc(NCCn2cnc(C(=O)O)c2)c1=O. The fourth-order valence-corrected chi connectivity index (χ4v) is 1.71. The van der Waals surface area contributed by atoms with Gasteiger partial charge in [-0.1, -0.05) is 0 Å². The summed E-state index contributed by atoms with van der Waals surface area (Å²) in [6.45, 7) is 3.40. The minimum absolute atomic E-state index is 0.00354. The van der Waals surface area contributed by atoms with Crippen molar-refractivity contribution in [1.29, 1.82) is 0 Å². The first-order valence-electron chi connectivity index (χ1n) is 6.16. The molecule has 2 heterocycles. The van der Waals surface area contributed by atoms with E-state index in [4.69, 9.17) is 5.11 Å². The molecule has 8 heteroatoms. The molecule has 20 heavy (non-hydrogen) atoms. The predicted molar refractivity (Wildman–Crippen MR) is 71.8 cm³/mol. The first kappa shape index (κ1) is 13.8. The van der Waals surface area contributed by atoms with E-state index in [0.717, 1.165) is 0 Å². The van der Waals surface area contributed by atoms with Gasteiger partial charge < -0.3 is 19.6 Å². The highest BCUT2D eigenvalue weighted by molar-refractivity contribution is 5.84. The van der Waals surface area contributed by atoms with Gasteiger partial charge >= 0.3 is 5.97 Å². The summed E-state index contributed by atoms with van der Waals surface area (Å²) in [5, 5.41) is 11.7. The number of carboxylic acids is 1. The van der Waals surface area contributed by atoms with Gasteiger partial charge in [0.1, 0.15) is 0 Å². The standard InChI is InChI=1S/C12H15N5O3/c1-2-17-6-4-14-10(11(17)18)13-3-5-16-7-9(12(19)20)15-8-16/h4,6-8H,2-3,5H2,1H3,(H,13,14)(H,19,20). The van der Waals surface area contributed by atoms with Crippen LogP contribution < -0.4 is 10.9 Å². The molecule has 2 N–H and O–H groups in total. The molecule has 0 aliphatic heterocycles. The van der Waals surface area contributed by atoms with Crippen molar-refractivity contribution in [2.24, 2.45) is 0 Å². The Bertz CT molecular complexity index is 661.